The number of ketones is 1. The minimum absolute atomic E-state index is 0.0503. The summed E-state index contributed by atoms with van der Waals surface area (Å²) in [5.74, 6) is -0.267. The first kappa shape index (κ1) is 14.4. The van der Waals surface area contributed by atoms with Crippen molar-refractivity contribution in [2.24, 2.45) is 0 Å². The van der Waals surface area contributed by atoms with E-state index in [-0.39, 0.29) is 18.2 Å². The van der Waals surface area contributed by atoms with Crippen LogP contribution in [0.1, 0.15) is 22.3 Å². The second-order valence-corrected chi connectivity index (χ2v) is 5.17. The fourth-order valence-electron chi connectivity index (χ4n) is 1.38. The number of hydrogen-bond donors (Lipinski definition) is 0. The molecule has 1 rings (SSSR count). The maximum atomic E-state index is 11.7. The molecule has 0 heterocycles. The number of esters is 1. The summed E-state index contributed by atoms with van der Waals surface area (Å²) in [6.45, 7) is 0. The van der Waals surface area contributed by atoms with Gasteiger partial charge in [-0.15, -0.1) is 0 Å². The summed E-state index contributed by atoms with van der Waals surface area (Å²) in [7, 11) is 1.34. The highest BCUT2D eigenvalue weighted by Crippen LogP contribution is 2.18. The van der Waals surface area contributed by atoms with E-state index in [0.29, 0.717) is 17.3 Å². The van der Waals surface area contributed by atoms with Gasteiger partial charge in [0.1, 0.15) is 0 Å². The van der Waals surface area contributed by atoms with Gasteiger partial charge < -0.3 is 4.74 Å². The SMILES string of the molecule is COC(=O)Cc1cc(Br)cc(C(=O)CCBr)c1. The summed E-state index contributed by atoms with van der Waals surface area (Å²) in [4.78, 5) is 22.9. The number of carbonyl (C=O) groups is 2. The number of Topliss-reactive ketones (excluding diaryl/α,β-unsaturated/α-hetero) is 1. The predicted molar refractivity (Wildman–Crippen MR) is 72.6 cm³/mol. The molecule has 0 radical (unpaired) electrons. The molecule has 0 aromatic heterocycles. The van der Waals surface area contributed by atoms with E-state index in [1.807, 2.05) is 6.07 Å². The molecule has 0 saturated heterocycles. The van der Waals surface area contributed by atoms with Crippen LogP contribution in [0.5, 0.6) is 0 Å². The Kier molecular flexibility index (Phi) is 5.85. The summed E-state index contributed by atoms with van der Waals surface area (Å²) < 4.78 is 5.38. The van der Waals surface area contributed by atoms with Crippen molar-refractivity contribution in [3.8, 4) is 0 Å². The summed E-state index contributed by atoms with van der Waals surface area (Å²) in [6.07, 6.45) is 0.610. The molecule has 0 spiro atoms. The Bertz CT molecular complexity index is 430. The van der Waals surface area contributed by atoms with Crippen molar-refractivity contribution in [1.29, 1.82) is 0 Å². The number of methoxy groups -OCH3 is 1. The van der Waals surface area contributed by atoms with E-state index in [9.17, 15) is 9.59 Å². The summed E-state index contributed by atoms with van der Waals surface area (Å²) in [5.41, 5.74) is 1.38. The van der Waals surface area contributed by atoms with Gasteiger partial charge in [-0.25, -0.2) is 0 Å². The van der Waals surface area contributed by atoms with Crippen LogP contribution in [0.3, 0.4) is 0 Å². The van der Waals surface area contributed by atoms with Gasteiger partial charge in [-0.2, -0.15) is 0 Å². The van der Waals surface area contributed by atoms with Crippen molar-refractivity contribution >= 4 is 43.6 Å². The van der Waals surface area contributed by atoms with E-state index >= 15 is 0 Å². The minimum Gasteiger partial charge on any atom is -0.469 e. The topological polar surface area (TPSA) is 43.4 Å². The molecule has 0 aliphatic heterocycles. The molecule has 3 nitrogen and oxygen atoms in total. The highest BCUT2D eigenvalue weighted by molar-refractivity contribution is 9.10. The number of rotatable bonds is 5. The van der Waals surface area contributed by atoms with Gasteiger partial charge in [0.2, 0.25) is 0 Å². The third-order valence-corrected chi connectivity index (χ3v) is 3.03. The smallest absolute Gasteiger partial charge is 0.309 e. The Morgan fingerprint density at radius 3 is 2.59 bits per heavy atom. The van der Waals surface area contributed by atoms with Crippen molar-refractivity contribution in [2.75, 3.05) is 12.4 Å². The van der Waals surface area contributed by atoms with Gasteiger partial charge in [0, 0.05) is 21.8 Å². The van der Waals surface area contributed by atoms with Gasteiger partial charge in [0.15, 0.2) is 5.78 Å². The monoisotopic (exact) mass is 362 g/mol. The first-order valence-corrected chi connectivity index (χ1v) is 6.93. The molecule has 0 aliphatic carbocycles. The molecule has 0 N–H and O–H groups in total. The Balaban J connectivity index is 2.93. The van der Waals surface area contributed by atoms with Crippen LogP contribution in [0.4, 0.5) is 0 Å². The summed E-state index contributed by atoms with van der Waals surface area (Å²) >= 11 is 6.56. The van der Waals surface area contributed by atoms with Gasteiger partial charge in [0.25, 0.3) is 0 Å². The largest absolute Gasteiger partial charge is 0.469 e. The Morgan fingerprint density at radius 1 is 1.29 bits per heavy atom. The number of hydrogen-bond acceptors (Lipinski definition) is 3. The standard InChI is InChI=1S/C12H12Br2O3/c1-17-12(16)6-8-4-9(7-10(14)5-8)11(15)2-3-13/h4-5,7H,2-3,6H2,1H3. The number of halogens is 2. The minimum atomic E-state index is -0.318. The lowest BCUT2D eigenvalue weighted by molar-refractivity contribution is -0.139. The van der Waals surface area contributed by atoms with E-state index in [0.717, 1.165) is 10.0 Å². The zero-order chi connectivity index (χ0) is 12.8. The van der Waals surface area contributed by atoms with Gasteiger partial charge in [-0.1, -0.05) is 31.9 Å². The van der Waals surface area contributed by atoms with E-state index in [1.165, 1.54) is 7.11 Å². The van der Waals surface area contributed by atoms with Crippen LogP contribution >= 0.6 is 31.9 Å². The van der Waals surface area contributed by atoms with Crippen molar-refractivity contribution in [2.45, 2.75) is 12.8 Å². The van der Waals surface area contributed by atoms with Gasteiger partial charge in [-0.3, -0.25) is 9.59 Å². The molecule has 1 aromatic rings. The summed E-state index contributed by atoms with van der Waals surface area (Å²) in [6, 6.07) is 5.29. The lowest BCUT2D eigenvalue weighted by Crippen LogP contribution is -2.06. The molecule has 0 fully saturated rings. The quantitative estimate of drug-likeness (QED) is 0.458. The lowest BCUT2D eigenvalue weighted by atomic mass is 10.0. The van der Waals surface area contributed by atoms with Crippen molar-refractivity contribution in [3.63, 3.8) is 0 Å². The first-order chi connectivity index (χ1) is 8.06. The first-order valence-electron chi connectivity index (χ1n) is 5.02. The van der Waals surface area contributed by atoms with Crippen LogP contribution in [0.2, 0.25) is 0 Å². The molecule has 0 atom stereocenters. The van der Waals surface area contributed by atoms with Crippen LogP contribution in [0.15, 0.2) is 22.7 Å². The molecule has 0 aliphatic rings. The highest BCUT2D eigenvalue weighted by atomic mass is 79.9. The third kappa shape index (κ3) is 4.60. The van der Waals surface area contributed by atoms with Gasteiger partial charge >= 0.3 is 5.97 Å². The second-order valence-electron chi connectivity index (χ2n) is 3.46. The number of alkyl halides is 1. The normalized spacial score (nSPS) is 10.1. The van der Waals surface area contributed by atoms with Crippen molar-refractivity contribution < 1.29 is 14.3 Å². The van der Waals surface area contributed by atoms with Crippen LogP contribution in [-0.4, -0.2) is 24.2 Å². The van der Waals surface area contributed by atoms with E-state index in [1.54, 1.807) is 12.1 Å². The molecule has 5 heteroatoms. The molecule has 0 bridgehead atoms. The van der Waals surface area contributed by atoms with Gasteiger partial charge in [0.05, 0.1) is 13.5 Å². The van der Waals surface area contributed by atoms with E-state index < -0.39 is 0 Å². The maximum Gasteiger partial charge on any atom is 0.309 e. The third-order valence-electron chi connectivity index (χ3n) is 2.18. The Morgan fingerprint density at radius 2 is 2.00 bits per heavy atom. The van der Waals surface area contributed by atoms with Crippen molar-refractivity contribution in [1.82, 2.24) is 0 Å². The fourth-order valence-corrected chi connectivity index (χ4v) is 2.28. The zero-order valence-corrected chi connectivity index (χ0v) is 12.5. The van der Waals surface area contributed by atoms with Gasteiger partial charge in [-0.05, 0) is 23.8 Å². The lowest BCUT2D eigenvalue weighted by Gasteiger charge is -2.05. The highest BCUT2D eigenvalue weighted by Gasteiger charge is 2.10. The molecule has 0 amide bonds. The molecular weight excluding hydrogens is 352 g/mol. The summed E-state index contributed by atoms with van der Waals surface area (Å²) in [5, 5.41) is 0.630. The zero-order valence-electron chi connectivity index (χ0n) is 9.33. The average molecular weight is 364 g/mol. The van der Waals surface area contributed by atoms with Crippen LogP contribution in [0, 0.1) is 0 Å². The molecule has 1 aromatic carbocycles. The number of ether oxygens (including phenoxy) is 1. The van der Waals surface area contributed by atoms with Crippen LogP contribution in [0.25, 0.3) is 0 Å². The van der Waals surface area contributed by atoms with Crippen molar-refractivity contribution in [3.05, 3.63) is 33.8 Å². The van der Waals surface area contributed by atoms with Crippen LogP contribution in [-0.2, 0) is 16.0 Å². The Hall–Kier alpha value is -0.680. The molecule has 0 saturated carbocycles. The second kappa shape index (κ2) is 6.91. The molecule has 92 valence electrons. The molecule has 0 unspecified atom stereocenters. The van der Waals surface area contributed by atoms with E-state index in [4.69, 9.17) is 0 Å². The average Bonchev–Trinajstić information content (AvgIpc) is 2.28. The maximum absolute atomic E-state index is 11.7. The fraction of sp³-hybridized carbons (Fsp3) is 0.333. The predicted octanol–water partition coefficient (Wildman–Crippen LogP) is 3.13. The number of carbonyl (C=O) groups excluding carboxylic acids is 2. The molecular formula is C12H12Br2O3. The number of benzene rings is 1. The van der Waals surface area contributed by atoms with Crippen LogP contribution < -0.4 is 0 Å². The molecule has 17 heavy (non-hydrogen) atoms. The van der Waals surface area contributed by atoms with E-state index in [2.05, 4.69) is 36.6 Å². The Labute approximate surface area is 117 Å².